The molecular weight excluding hydrogens is 412 g/mol. The normalized spacial score (nSPS) is 12.0. The molecule has 1 atom stereocenters. The minimum Gasteiger partial charge on any atom is -0.496 e. The van der Waals surface area contributed by atoms with E-state index in [9.17, 15) is 19.5 Å². The Morgan fingerprint density at radius 2 is 1.62 bits per heavy atom. The van der Waals surface area contributed by atoms with Gasteiger partial charge in [-0.15, -0.1) is 0 Å². The Hall–Kier alpha value is -3.71. The molecule has 32 heavy (non-hydrogen) atoms. The number of carbonyl (C=O) groups excluding carboxylic acids is 3. The second-order valence-corrected chi connectivity index (χ2v) is 6.90. The van der Waals surface area contributed by atoms with Crippen molar-refractivity contribution in [2.75, 3.05) is 14.2 Å². The number of methoxy groups -OCH3 is 2. The number of rotatable bonds is 11. The summed E-state index contributed by atoms with van der Waals surface area (Å²) >= 11 is 0. The minimum atomic E-state index is -0.812. The highest BCUT2D eigenvalue weighted by molar-refractivity contribution is 6.10. The monoisotopic (exact) mass is 437 g/mol. The maximum absolute atomic E-state index is 12.1. The third kappa shape index (κ3) is 8.20. The van der Waals surface area contributed by atoms with E-state index in [0.717, 1.165) is 5.56 Å². The summed E-state index contributed by atoms with van der Waals surface area (Å²) < 4.78 is 15.5. The highest BCUT2D eigenvalue weighted by Crippen LogP contribution is 2.29. The average Bonchev–Trinajstić information content (AvgIpc) is 2.76. The van der Waals surface area contributed by atoms with Crippen LogP contribution in [-0.2, 0) is 14.4 Å². The molecule has 0 saturated heterocycles. The molecule has 0 aliphatic rings. The van der Waals surface area contributed by atoms with Crippen molar-refractivity contribution in [3.05, 3.63) is 65.7 Å². The highest BCUT2D eigenvalue weighted by atomic mass is 16.6. The summed E-state index contributed by atoms with van der Waals surface area (Å²) in [4.78, 5) is 35.9. The summed E-state index contributed by atoms with van der Waals surface area (Å²) in [5.41, 5.74) is 1.39. The van der Waals surface area contributed by atoms with E-state index in [0.29, 0.717) is 17.1 Å². The molecule has 0 aliphatic heterocycles. The predicted molar refractivity (Wildman–Crippen MR) is 119 cm³/mol. The number of carbonyl (C=O) groups is 3. The van der Waals surface area contributed by atoms with Crippen molar-refractivity contribution in [1.29, 1.82) is 0 Å². The second kappa shape index (κ2) is 12.2. The fourth-order valence-corrected chi connectivity index (χ4v) is 2.63. The van der Waals surface area contributed by atoms with Gasteiger partial charge in [-0.1, -0.05) is 24.3 Å². The Kier molecular flexibility index (Phi) is 9.38. The maximum atomic E-state index is 12.1. The van der Waals surface area contributed by atoms with E-state index in [4.69, 9.17) is 14.2 Å². The van der Waals surface area contributed by atoms with Crippen molar-refractivity contribution in [2.45, 2.75) is 25.9 Å². The van der Waals surface area contributed by atoms with Gasteiger partial charge in [0.1, 0.15) is 5.75 Å². The molecule has 2 aromatic carbocycles. The first-order chi connectivity index (χ1) is 15.3. The van der Waals surface area contributed by atoms with Crippen LogP contribution < -0.4 is 14.2 Å². The molecule has 0 fully saturated rings. The van der Waals surface area contributed by atoms with Crippen molar-refractivity contribution in [3.8, 4) is 17.2 Å². The first-order valence-corrected chi connectivity index (χ1v) is 9.85. The lowest BCUT2D eigenvalue weighted by atomic mass is 10.1. The number of aliphatic hydroxyl groups excluding tert-OH is 1. The van der Waals surface area contributed by atoms with Gasteiger partial charge in [0.15, 0.2) is 23.1 Å². The van der Waals surface area contributed by atoms with E-state index in [1.807, 2.05) is 0 Å². The van der Waals surface area contributed by atoms with E-state index in [1.165, 1.54) is 39.4 Å². The molecule has 0 spiro atoms. The summed E-state index contributed by atoms with van der Waals surface area (Å²) in [7, 11) is 2.95. The van der Waals surface area contributed by atoms with E-state index in [1.54, 1.807) is 42.5 Å². The van der Waals surface area contributed by atoms with E-state index in [2.05, 4.69) is 6.07 Å². The van der Waals surface area contributed by atoms with Crippen molar-refractivity contribution >= 4 is 29.7 Å². The molecule has 0 unspecified atom stereocenters. The standard InChI is InChI=1S/C25H25O7/c1-17(26)13-25(29)32-23-12-9-19(15-24(23)31-3)8-11-21(28)16-20(27)10-7-18-5-4-6-22(14-18)30-2/h4-5,7-12,14-15,17,26H,13,16H2,1-3H3/b10-7+,11-8+/t17-/m1/s1. The second-order valence-electron chi connectivity index (χ2n) is 6.90. The molecule has 0 bridgehead atoms. The lowest BCUT2D eigenvalue weighted by Gasteiger charge is -2.10. The molecule has 0 heterocycles. The van der Waals surface area contributed by atoms with E-state index >= 15 is 0 Å². The van der Waals surface area contributed by atoms with Crippen LogP contribution in [-0.4, -0.2) is 43.0 Å². The van der Waals surface area contributed by atoms with Crippen molar-refractivity contribution < 1.29 is 33.7 Å². The smallest absolute Gasteiger partial charge is 0.313 e. The number of allylic oxidation sites excluding steroid dienone is 2. The molecule has 0 amide bonds. The van der Waals surface area contributed by atoms with Crippen LogP contribution in [0.5, 0.6) is 17.2 Å². The molecule has 7 heteroatoms. The molecule has 1 N–H and O–H groups in total. The Labute approximate surface area is 186 Å². The third-order valence-corrected chi connectivity index (χ3v) is 4.16. The third-order valence-electron chi connectivity index (χ3n) is 4.16. The van der Waals surface area contributed by atoms with Gasteiger partial charge in [-0.25, -0.2) is 0 Å². The summed E-state index contributed by atoms with van der Waals surface area (Å²) in [6.45, 7) is 1.49. The first kappa shape index (κ1) is 24.6. The number of ketones is 2. The SMILES string of the molecule is COc1[c]ccc(/C=C/C(=O)CC(=O)/C=C/c2ccc(OC(=O)C[C@@H](C)O)c(OC)c2)c1. The van der Waals surface area contributed by atoms with Crippen LogP contribution in [0, 0.1) is 6.07 Å². The van der Waals surface area contributed by atoms with Gasteiger partial charge < -0.3 is 19.3 Å². The van der Waals surface area contributed by atoms with Gasteiger partial charge >= 0.3 is 5.97 Å². The predicted octanol–water partition coefficient (Wildman–Crippen LogP) is 3.44. The van der Waals surface area contributed by atoms with Gasteiger partial charge in [0.2, 0.25) is 0 Å². The van der Waals surface area contributed by atoms with Crippen LogP contribution in [0.3, 0.4) is 0 Å². The molecule has 7 nitrogen and oxygen atoms in total. The van der Waals surface area contributed by atoms with Crippen LogP contribution in [0.1, 0.15) is 30.9 Å². The zero-order chi connectivity index (χ0) is 23.5. The maximum Gasteiger partial charge on any atom is 0.313 e. The Morgan fingerprint density at radius 3 is 2.22 bits per heavy atom. The van der Waals surface area contributed by atoms with Crippen LogP contribution >= 0.6 is 0 Å². The van der Waals surface area contributed by atoms with Gasteiger partial charge in [-0.2, -0.15) is 0 Å². The first-order valence-electron chi connectivity index (χ1n) is 9.85. The van der Waals surface area contributed by atoms with Crippen molar-refractivity contribution in [1.82, 2.24) is 0 Å². The molecule has 0 aromatic heterocycles. The van der Waals surface area contributed by atoms with Gasteiger partial charge in [0.25, 0.3) is 0 Å². The fraction of sp³-hybridized carbons (Fsp3) is 0.240. The summed E-state index contributed by atoms with van der Waals surface area (Å²) in [5.74, 6) is -0.215. The molecule has 2 rings (SSSR count). The van der Waals surface area contributed by atoms with Gasteiger partial charge in [-0.05, 0) is 54.5 Å². The van der Waals surface area contributed by atoms with Gasteiger partial charge in [-0.3, -0.25) is 14.4 Å². The number of ether oxygens (including phenoxy) is 3. The Morgan fingerprint density at radius 1 is 0.969 bits per heavy atom. The zero-order valence-corrected chi connectivity index (χ0v) is 18.2. The van der Waals surface area contributed by atoms with Crippen molar-refractivity contribution in [2.24, 2.45) is 0 Å². The van der Waals surface area contributed by atoms with Crippen LogP contribution in [0.25, 0.3) is 12.2 Å². The Bertz CT molecular complexity index is 1020. The van der Waals surface area contributed by atoms with E-state index < -0.39 is 12.1 Å². The molecule has 0 saturated carbocycles. The summed E-state index contributed by atoms with van der Waals surface area (Å²) in [6, 6.07) is 12.8. The summed E-state index contributed by atoms with van der Waals surface area (Å²) in [5, 5.41) is 9.26. The molecule has 2 aromatic rings. The van der Waals surface area contributed by atoms with E-state index in [-0.39, 0.29) is 30.2 Å². The van der Waals surface area contributed by atoms with Crippen LogP contribution in [0.2, 0.25) is 0 Å². The molecular formula is C25H25O7. The Balaban J connectivity index is 1.96. The highest BCUT2D eigenvalue weighted by Gasteiger charge is 2.13. The quantitative estimate of drug-likeness (QED) is 0.249. The topological polar surface area (TPSA) is 99.1 Å². The zero-order valence-electron chi connectivity index (χ0n) is 18.2. The van der Waals surface area contributed by atoms with Gasteiger partial charge in [0, 0.05) is 6.07 Å². The number of hydrogen-bond acceptors (Lipinski definition) is 7. The summed E-state index contributed by atoms with van der Waals surface area (Å²) in [6.07, 6.45) is 4.58. The fourth-order valence-electron chi connectivity index (χ4n) is 2.63. The molecule has 167 valence electrons. The molecule has 1 radical (unpaired) electrons. The lowest BCUT2D eigenvalue weighted by molar-refractivity contribution is -0.136. The average molecular weight is 437 g/mol. The van der Waals surface area contributed by atoms with Crippen LogP contribution in [0.15, 0.2) is 48.6 Å². The van der Waals surface area contributed by atoms with Gasteiger partial charge in [0.05, 0.1) is 33.2 Å². The van der Waals surface area contributed by atoms with Crippen molar-refractivity contribution in [3.63, 3.8) is 0 Å². The number of aliphatic hydroxyl groups is 1. The lowest BCUT2D eigenvalue weighted by Crippen LogP contribution is -2.15. The minimum absolute atomic E-state index is 0.141. The number of hydrogen-bond donors (Lipinski definition) is 1. The number of benzene rings is 2. The van der Waals surface area contributed by atoms with Crippen LogP contribution in [0.4, 0.5) is 0 Å². The molecule has 0 aliphatic carbocycles. The number of esters is 1. The largest absolute Gasteiger partial charge is 0.496 e.